The van der Waals surface area contributed by atoms with Crippen LogP contribution in [0.25, 0.3) is 0 Å². The largest absolute Gasteiger partial charge is 0.444 e. The Morgan fingerprint density at radius 3 is 2.55 bits per heavy atom. The van der Waals surface area contributed by atoms with Crippen molar-refractivity contribution in [3.05, 3.63) is 17.8 Å². The molecule has 1 amide bonds. The van der Waals surface area contributed by atoms with Gasteiger partial charge in [-0.25, -0.2) is 4.79 Å². The number of rotatable bonds is 5. The molecule has 2 N–H and O–H groups in total. The van der Waals surface area contributed by atoms with Crippen molar-refractivity contribution in [3.8, 4) is 0 Å². The number of anilines is 1. The maximum atomic E-state index is 13.0. The Hall–Kier alpha value is -1.89. The molecule has 3 fully saturated rings. The summed E-state index contributed by atoms with van der Waals surface area (Å²) in [7, 11) is 0. The number of nitrogens with two attached hydrogens (primary N) is 1. The molecule has 0 bridgehead atoms. The lowest BCUT2D eigenvalue weighted by Crippen LogP contribution is -2.53. The monoisotopic (exact) mass is 401 g/mol. The van der Waals surface area contributed by atoms with E-state index in [2.05, 4.69) is 15.1 Å². The van der Waals surface area contributed by atoms with Crippen molar-refractivity contribution in [1.29, 1.82) is 0 Å². The van der Waals surface area contributed by atoms with Crippen molar-refractivity contribution in [2.45, 2.75) is 82.9 Å². The van der Waals surface area contributed by atoms with Gasteiger partial charge in [0.25, 0.3) is 0 Å². The molecule has 2 aliphatic carbocycles. The Bertz CT molecular complexity index is 722. The van der Waals surface area contributed by atoms with Crippen LogP contribution in [0.1, 0.15) is 71.4 Å². The molecule has 2 saturated carbocycles. The van der Waals surface area contributed by atoms with Crippen LogP contribution >= 0.6 is 0 Å². The van der Waals surface area contributed by atoms with E-state index in [1.807, 2.05) is 37.8 Å². The molecule has 0 unspecified atom stereocenters. The van der Waals surface area contributed by atoms with E-state index in [1.165, 1.54) is 19.3 Å². The molecule has 0 aromatic carbocycles. The van der Waals surface area contributed by atoms with Crippen LogP contribution in [-0.4, -0.2) is 52.5 Å². The maximum absolute atomic E-state index is 13.0. The first-order chi connectivity index (χ1) is 13.7. The summed E-state index contributed by atoms with van der Waals surface area (Å²) in [6.45, 7) is 8.30. The molecule has 7 nitrogen and oxygen atoms in total. The summed E-state index contributed by atoms with van der Waals surface area (Å²) in [5.41, 5.74) is 6.38. The molecule has 3 aliphatic rings. The summed E-state index contributed by atoms with van der Waals surface area (Å²) in [6, 6.07) is 4.19. The van der Waals surface area contributed by atoms with Gasteiger partial charge in [-0.3, -0.25) is 0 Å². The number of aromatic nitrogens is 2. The van der Waals surface area contributed by atoms with Crippen molar-refractivity contribution in [1.82, 2.24) is 15.1 Å². The lowest BCUT2D eigenvalue weighted by atomic mass is 9.84. The first-order valence-corrected chi connectivity index (χ1v) is 11.1. The van der Waals surface area contributed by atoms with Crippen molar-refractivity contribution in [3.63, 3.8) is 0 Å². The van der Waals surface area contributed by atoms with E-state index in [0.29, 0.717) is 5.92 Å². The zero-order valence-electron chi connectivity index (χ0n) is 18.1. The van der Waals surface area contributed by atoms with Crippen molar-refractivity contribution in [2.75, 3.05) is 24.5 Å². The van der Waals surface area contributed by atoms with Crippen molar-refractivity contribution >= 4 is 11.9 Å². The fourth-order valence-electron chi connectivity index (χ4n) is 4.21. The molecule has 1 aromatic rings. The van der Waals surface area contributed by atoms with Crippen LogP contribution in [-0.2, 0) is 10.3 Å². The number of carbonyl (C=O) groups excluding carboxylic acids is 1. The second-order valence-electron chi connectivity index (χ2n) is 10.1. The fourth-order valence-corrected chi connectivity index (χ4v) is 4.21. The highest BCUT2D eigenvalue weighted by atomic mass is 16.6. The normalized spacial score (nSPS) is 24.0. The van der Waals surface area contributed by atoms with Crippen molar-refractivity contribution < 1.29 is 9.53 Å². The standard InChI is InChI=1S/C22H35N5O2/c1-21(2,3)29-20(28)27(14-16-6-4-7-16)17-8-5-13-26(15-17)19-10-9-18(24-25-19)22(23)11-12-22/h9-10,16-17H,4-8,11-15,23H2,1-3H3/t17-/m1/s1. The SMILES string of the molecule is CC(C)(C)OC(=O)N(CC1CCC1)[C@@H]1CCCN(c2ccc(C3(N)CC3)nn2)C1. The molecule has 1 saturated heterocycles. The molecule has 0 spiro atoms. The summed E-state index contributed by atoms with van der Waals surface area (Å²) in [5, 5.41) is 8.85. The number of amides is 1. The van der Waals surface area contributed by atoms with Gasteiger partial charge in [-0.15, -0.1) is 5.10 Å². The number of nitrogens with zero attached hydrogens (tertiary/aromatic N) is 4. The second-order valence-corrected chi connectivity index (χ2v) is 10.1. The molecule has 1 atom stereocenters. The molecule has 2 heterocycles. The van der Waals surface area contributed by atoms with E-state index in [0.717, 1.165) is 56.8 Å². The fraction of sp³-hybridized carbons (Fsp3) is 0.773. The molecule has 4 rings (SSSR count). The van der Waals surface area contributed by atoms with Crippen LogP contribution in [0.4, 0.5) is 10.6 Å². The highest BCUT2D eigenvalue weighted by molar-refractivity contribution is 5.68. The van der Waals surface area contributed by atoms with E-state index in [-0.39, 0.29) is 17.7 Å². The van der Waals surface area contributed by atoms with Crippen LogP contribution in [0, 0.1) is 5.92 Å². The van der Waals surface area contributed by atoms with Crippen LogP contribution in [0.15, 0.2) is 12.1 Å². The predicted molar refractivity (Wildman–Crippen MR) is 113 cm³/mol. The van der Waals surface area contributed by atoms with Gasteiger partial charge in [-0.1, -0.05) is 6.42 Å². The number of piperidine rings is 1. The Morgan fingerprint density at radius 1 is 1.24 bits per heavy atom. The third-order valence-corrected chi connectivity index (χ3v) is 6.42. The number of hydrogen-bond donors (Lipinski definition) is 1. The quantitative estimate of drug-likeness (QED) is 0.814. The molecular weight excluding hydrogens is 366 g/mol. The Labute approximate surface area is 174 Å². The molecule has 0 radical (unpaired) electrons. The van der Waals surface area contributed by atoms with Gasteiger partial charge in [0.1, 0.15) is 5.60 Å². The summed E-state index contributed by atoms with van der Waals surface area (Å²) in [4.78, 5) is 17.2. The minimum Gasteiger partial charge on any atom is -0.444 e. The van der Waals surface area contributed by atoms with Crippen LogP contribution in [0.5, 0.6) is 0 Å². The Balaban J connectivity index is 1.45. The minimum atomic E-state index is -0.481. The predicted octanol–water partition coefficient (Wildman–Crippen LogP) is 3.43. The van der Waals surface area contributed by atoms with Gasteiger partial charge in [-0.2, -0.15) is 5.10 Å². The van der Waals surface area contributed by atoms with Gasteiger partial charge >= 0.3 is 6.09 Å². The van der Waals surface area contributed by atoms with Gasteiger partial charge in [-0.05, 0) is 77.3 Å². The maximum Gasteiger partial charge on any atom is 0.410 e. The van der Waals surface area contributed by atoms with E-state index < -0.39 is 5.60 Å². The number of ether oxygens (including phenoxy) is 1. The summed E-state index contributed by atoms with van der Waals surface area (Å²) >= 11 is 0. The topological polar surface area (TPSA) is 84.6 Å². The second kappa shape index (κ2) is 7.74. The van der Waals surface area contributed by atoms with Gasteiger partial charge in [0.15, 0.2) is 5.82 Å². The molecular formula is C22H35N5O2. The van der Waals surface area contributed by atoms with E-state index >= 15 is 0 Å². The average molecular weight is 402 g/mol. The Morgan fingerprint density at radius 2 is 2.00 bits per heavy atom. The van der Waals surface area contributed by atoms with Crippen LogP contribution in [0.2, 0.25) is 0 Å². The third-order valence-electron chi connectivity index (χ3n) is 6.42. The van der Waals surface area contributed by atoms with Crippen LogP contribution < -0.4 is 10.6 Å². The smallest absolute Gasteiger partial charge is 0.410 e. The lowest BCUT2D eigenvalue weighted by Gasteiger charge is -2.42. The molecule has 7 heteroatoms. The highest BCUT2D eigenvalue weighted by Gasteiger charge is 2.42. The van der Waals surface area contributed by atoms with Crippen LogP contribution in [0.3, 0.4) is 0 Å². The molecule has 29 heavy (non-hydrogen) atoms. The summed E-state index contributed by atoms with van der Waals surface area (Å²) in [5.74, 6) is 1.48. The highest BCUT2D eigenvalue weighted by Crippen LogP contribution is 2.41. The average Bonchev–Trinajstić information content (AvgIpc) is 3.38. The zero-order valence-corrected chi connectivity index (χ0v) is 18.1. The van der Waals surface area contributed by atoms with Gasteiger partial charge in [0.2, 0.25) is 0 Å². The van der Waals surface area contributed by atoms with E-state index in [4.69, 9.17) is 10.5 Å². The zero-order chi connectivity index (χ0) is 20.6. The first-order valence-electron chi connectivity index (χ1n) is 11.1. The third kappa shape index (κ3) is 4.82. The van der Waals surface area contributed by atoms with E-state index in [1.54, 1.807) is 0 Å². The summed E-state index contributed by atoms with van der Waals surface area (Å²) in [6.07, 6.45) is 7.51. The molecule has 1 aromatic heterocycles. The van der Waals surface area contributed by atoms with Gasteiger partial charge in [0, 0.05) is 19.6 Å². The van der Waals surface area contributed by atoms with E-state index in [9.17, 15) is 4.79 Å². The summed E-state index contributed by atoms with van der Waals surface area (Å²) < 4.78 is 5.75. The molecule has 1 aliphatic heterocycles. The van der Waals surface area contributed by atoms with Gasteiger partial charge < -0.3 is 20.3 Å². The van der Waals surface area contributed by atoms with Crippen molar-refractivity contribution in [2.24, 2.45) is 11.7 Å². The Kier molecular flexibility index (Phi) is 5.44. The minimum absolute atomic E-state index is 0.143. The molecule has 160 valence electrons. The van der Waals surface area contributed by atoms with Gasteiger partial charge in [0.05, 0.1) is 17.3 Å². The lowest BCUT2D eigenvalue weighted by molar-refractivity contribution is 0.00733. The number of carbonyl (C=O) groups is 1. The number of hydrogen-bond acceptors (Lipinski definition) is 6. The first kappa shape index (κ1) is 20.4.